The number of allylic oxidation sites excluding steroid dienone is 1. The van der Waals surface area contributed by atoms with Crippen LogP contribution in [0.25, 0.3) is 6.08 Å². The zero-order chi connectivity index (χ0) is 24.9. The van der Waals surface area contributed by atoms with Crippen molar-refractivity contribution in [2.45, 2.75) is 32.7 Å². The minimum absolute atomic E-state index is 0.232. The Kier molecular flexibility index (Phi) is 7.62. The third-order valence-electron chi connectivity index (χ3n) is 5.25. The number of carboxylic acid groups (broad SMARTS) is 1. The molecule has 3 heterocycles. The van der Waals surface area contributed by atoms with Crippen LogP contribution in [-0.4, -0.2) is 34.8 Å². The number of nitrogens with zero attached hydrogens (tertiary/aromatic N) is 2. The van der Waals surface area contributed by atoms with Crippen molar-refractivity contribution >= 4 is 40.7 Å². The smallest absolute Gasteiger partial charge is 0.341 e. The van der Waals surface area contributed by atoms with Gasteiger partial charge in [-0.2, -0.15) is 0 Å². The quantitative estimate of drug-likeness (QED) is 0.442. The van der Waals surface area contributed by atoms with Crippen molar-refractivity contribution in [2.75, 3.05) is 13.2 Å². The molecule has 0 unspecified atom stereocenters. The molecule has 182 valence electrons. The van der Waals surface area contributed by atoms with E-state index in [2.05, 4.69) is 0 Å². The van der Waals surface area contributed by atoms with E-state index in [0.717, 1.165) is 16.9 Å². The van der Waals surface area contributed by atoms with Crippen molar-refractivity contribution in [2.24, 2.45) is 4.99 Å². The highest BCUT2D eigenvalue weighted by Crippen LogP contribution is 2.34. The van der Waals surface area contributed by atoms with Crippen molar-refractivity contribution in [1.29, 1.82) is 0 Å². The largest absolute Gasteiger partial charge is 0.482 e. The van der Waals surface area contributed by atoms with Gasteiger partial charge in [0.2, 0.25) is 0 Å². The van der Waals surface area contributed by atoms with Gasteiger partial charge in [-0.15, -0.1) is 11.3 Å². The van der Waals surface area contributed by atoms with Crippen LogP contribution in [0.4, 0.5) is 0 Å². The van der Waals surface area contributed by atoms with E-state index in [0.29, 0.717) is 32.8 Å². The zero-order valence-corrected chi connectivity index (χ0v) is 20.9. The molecule has 1 aliphatic heterocycles. The minimum atomic E-state index is -1.06. The molecule has 35 heavy (non-hydrogen) atoms. The molecule has 0 amide bonds. The molecule has 2 aromatic heterocycles. The molecule has 0 saturated heterocycles. The van der Waals surface area contributed by atoms with Crippen LogP contribution in [0.3, 0.4) is 0 Å². The third kappa shape index (κ3) is 5.28. The van der Waals surface area contributed by atoms with Crippen LogP contribution >= 0.6 is 22.7 Å². The van der Waals surface area contributed by atoms with Crippen molar-refractivity contribution < 1.29 is 24.2 Å². The van der Waals surface area contributed by atoms with E-state index in [1.807, 2.05) is 24.4 Å². The summed E-state index contributed by atoms with van der Waals surface area (Å²) in [6.45, 7) is 3.58. The van der Waals surface area contributed by atoms with Gasteiger partial charge in [-0.25, -0.2) is 14.6 Å². The number of thiazole rings is 1. The normalized spacial score (nSPS) is 15.5. The zero-order valence-electron chi connectivity index (χ0n) is 19.2. The summed E-state index contributed by atoms with van der Waals surface area (Å²) in [6, 6.07) is 10.0. The summed E-state index contributed by atoms with van der Waals surface area (Å²) in [5.41, 5.74) is 1.58. The van der Waals surface area contributed by atoms with Crippen LogP contribution in [0.2, 0.25) is 0 Å². The fraction of sp³-hybridized carbons (Fsp3) is 0.280. The molecule has 1 aromatic carbocycles. The number of carbonyl (C=O) groups is 2. The number of ether oxygens (including phenoxy) is 2. The summed E-state index contributed by atoms with van der Waals surface area (Å²) in [5.74, 6) is -1.09. The summed E-state index contributed by atoms with van der Waals surface area (Å²) >= 11 is 2.75. The molecule has 0 aliphatic carbocycles. The molecule has 0 fully saturated rings. The molecular weight excluding hydrogens is 488 g/mol. The number of thiophene rings is 1. The summed E-state index contributed by atoms with van der Waals surface area (Å²) in [4.78, 5) is 43.4. The second kappa shape index (κ2) is 10.8. The first kappa shape index (κ1) is 24.6. The topological polar surface area (TPSA) is 107 Å². The molecule has 0 spiro atoms. The fourth-order valence-electron chi connectivity index (χ4n) is 3.79. The van der Waals surface area contributed by atoms with E-state index in [4.69, 9.17) is 19.6 Å². The van der Waals surface area contributed by atoms with Crippen LogP contribution in [0, 0.1) is 0 Å². The predicted octanol–water partition coefficient (Wildman–Crippen LogP) is 3.10. The monoisotopic (exact) mass is 512 g/mol. The van der Waals surface area contributed by atoms with E-state index in [9.17, 15) is 14.4 Å². The highest BCUT2D eigenvalue weighted by molar-refractivity contribution is 7.10. The van der Waals surface area contributed by atoms with E-state index in [-0.39, 0.29) is 12.2 Å². The second-order valence-corrected chi connectivity index (χ2v) is 9.67. The van der Waals surface area contributed by atoms with Crippen molar-refractivity contribution in [1.82, 2.24) is 4.57 Å². The Labute approximate surface area is 209 Å². The fourth-order valence-corrected chi connectivity index (χ4v) is 5.64. The maximum atomic E-state index is 13.6. The number of rotatable bonds is 9. The number of fused-ring (bicyclic) bond motifs is 1. The molecule has 3 aromatic rings. The van der Waals surface area contributed by atoms with Crippen molar-refractivity contribution in [3.05, 3.63) is 83.2 Å². The highest BCUT2D eigenvalue weighted by Gasteiger charge is 2.34. The molecule has 1 aliphatic rings. The number of benzene rings is 1. The molecule has 0 saturated carbocycles. The van der Waals surface area contributed by atoms with Gasteiger partial charge in [0.25, 0.3) is 5.56 Å². The molecule has 0 radical (unpaired) electrons. The highest BCUT2D eigenvalue weighted by atomic mass is 32.1. The Morgan fingerprint density at radius 2 is 1.97 bits per heavy atom. The van der Waals surface area contributed by atoms with Gasteiger partial charge in [0.15, 0.2) is 11.4 Å². The molecule has 8 nitrogen and oxygen atoms in total. The Morgan fingerprint density at radius 1 is 1.20 bits per heavy atom. The Hall–Kier alpha value is -3.50. The SMILES string of the molecule is CCCC1=C(C(=O)OCC)[C@@H](c2cccs2)n2c(s/c(=C\c3ccc(OCC(=O)O)cc3)c2=O)=N1. The van der Waals surface area contributed by atoms with Gasteiger partial charge in [-0.3, -0.25) is 9.36 Å². The number of carboxylic acids is 1. The van der Waals surface area contributed by atoms with E-state index in [1.165, 1.54) is 22.7 Å². The number of esters is 1. The average molecular weight is 513 g/mol. The molecule has 1 N–H and O–H groups in total. The van der Waals surface area contributed by atoms with E-state index < -0.39 is 24.6 Å². The predicted molar refractivity (Wildman–Crippen MR) is 134 cm³/mol. The van der Waals surface area contributed by atoms with Gasteiger partial charge in [-0.1, -0.05) is 42.9 Å². The van der Waals surface area contributed by atoms with E-state index >= 15 is 0 Å². The molecular formula is C25H24N2O6S2. The van der Waals surface area contributed by atoms with Crippen LogP contribution in [-0.2, 0) is 14.3 Å². The molecule has 0 bridgehead atoms. The Bertz CT molecular complexity index is 1430. The number of aromatic nitrogens is 1. The van der Waals surface area contributed by atoms with Gasteiger partial charge in [-0.05, 0) is 48.6 Å². The van der Waals surface area contributed by atoms with Gasteiger partial charge >= 0.3 is 11.9 Å². The van der Waals surface area contributed by atoms with Gasteiger partial charge in [0.1, 0.15) is 11.8 Å². The third-order valence-corrected chi connectivity index (χ3v) is 7.15. The van der Waals surface area contributed by atoms with Crippen LogP contribution in [0.15, 0.2) is 62.8 Å². The van der Waals surface area contributed by atoms with Crippen LogP contribution < -0.4 is 19.6 Å². The maximum Gasteiger partial charge on any atom is 0.341 e. The van der Waals surface area contributed by atoms with Gasteiger partial charge in [0.05, 0.1) is 22.4 Å². The number of aliphatic carboxylic acids is 1. The molecule has 10 heteroatoms. The Morgan fingerprint density at radius 3 is 2.60 bits per heavy atom. The second-order valence-electron chi connectivity index (χ2n) is 7.68. The summed E-state index contributed by atoms with van der Waals surface area (Å²) < 4.78 is 12.6. The van der Waals surface area contributed by atoms with E-state index in [1.54, 1.807) is 41.8 Å². The number of hydrogen-bond acceptors (Lipinski definition) is 8. The molecule has 1 atom stereocenters. The maximum absolute atomic E-state index is 13.6. The lowest BCUT2D eigenvalue weighted by Crippen LogP contribution is -2.39. The minimum Gasteiger partial charge on any atom is -0.482 e. The van der Waals surface area contributed by atoms with Crippen LogP contribution in [0.5, 0.6) is 5.75 Å². The molecule has 4 rings (SSSR count). The summed E-state index contributed by atoms with van der Waals surface area (Å²) in [5, 5.41) is 10.7. The lowest BCUT2D eigenvalue weighted by Gasteiger charge is -2.24. The first-order valence-electron chi connectivity index (χ1n) is 11.1. The van der Waals surface area contributed by atoms with Crippen molar-refractivity contribution in [3.8, 4) is 5.75 Å². The average Bonchev–Trinajstić information content (AvgIpc) is 3.47. The number of hydrogen-bond donors (Lipinski definition) is 1. The lowest BCUT2D eigenvalue weighted by atomic mass is 9.99. The van der Waals surface area contributed by atoms with Crippen LogP contribution in [0.1, 0.15) is 43.2 Å². The Balaban J connectivity index is 1.82. The lowest BCUT2D eigenvalue weighted by molar-refractivity contribution is -0.140. The van der Waals surface area contributed by atoms with Crippen molar-refractivity contribution in [3.63, 3.8) is 0 Å². The summed E-state index contributed by atoms with van der Waals surface area (Å²) in [7, 11) is 0. The standard InChI is InChI=1S/C25H24N2O6S2/c1-3-6-17-21(24(31)32-4-2)22(18-7-5-12-34-18)27-23(30)19(35-25(27)26-17)13-15-8-10-16(11-9-15)33-14-20(28)29/h5,7-13,22H,3-4,6,14H2,1-2H3,(H,28,29)/b19-13-/t22-/m1/s1. The first-order chi connectivity index (χ1) is 16.9. The first-order valence-corrected chi connectivity index (χ1v) is 12.8. The van der Waals surface area contributed by atoms with Gasteiger partial charge in [0, 0.05) is 4.88 Å². The van der Waals surface area contributed by atoms with Gasteiger partial charge < -0.3 is 14.6 Å². The summed E-state index contributed by atoms with van der Waals surface area (Å²) in [6.07, 6.45) is 3.15. The number of carbonyl (C=O) groups excluding carboxylic acids is 1.